The van der Waals surface area contributed by atoms with Crippen LogP contribution in [0, 0.1) is 5.82 Å². The SMILES string of the molecule is CSc1ccc(N(C)C(=O)NC2CCCCC2)c(F)c1. The van der Waals surface area contributed by atoms with Gasteiger partial charge in [0.25, 0.3) is 0 Å². The Morgan fingerprint density at radius 1 is 1.35 bits per heavy atom. The fourth-order valence-corrected chi connectivity index (χ4v) is 2.94. The summed E-state index contributed by atoms with van der Waals surface area (Å²) < 4.78 is 14.0. The Hall–Kier alpha value is -1.23. The molecule has 2 amide bonds. The molecule has 1 aromatic carbocycles. The van der Waals surface area contributed by atoms with E-state index in [1.54, 1.807) is 13.1 Å². The molecule has 1 N–H and O–H groups in total. The summed E-state index contributed by atoms with van der Waals surface area (Å²) >= 11 is 1.48. The average Bonchev–Trinajstić information content (AvgIpc) is 2.47. The van der Waals surface area contributed by atoms with E-state index in [0.717, 1.165) is 30.6 Å². The lowest BCUT2D eigenvalue weighted by molar-refractivity contribution is 0.239. The monoisotopic (exact) mass is 296 g/mol. The predicted octanol–water partition coefficient (Wildman–Crippen LogP) is 4.03. The highest BCUT2D eigenvalue weighted by molar-refractivity contribution is 7.98. The van der Waals surface area contributed by atoms with Crippen LogP contribution in [0.15, 0.2) is 23.1 Å². The van der Waals surface area contributed by atoms with Crippen LogP contribution >= 0.6 is 11.8 Å². The number of halogens is 1. The van der Waals surface area contributed by atoms with Crippen LogP contribution in [0.5, 0.6) is 0 Å². The van der Waals surface area contributed by atoms with Gasteiger partial charge in [-0.15, -0.1) is 11.8 Å². The second-order valence-corrected chi connectivity index (χ2v) is 6.04. The zero-order chi connectivity index (χ0) is 14.5. The molecule has 5 heteroatoms. The van der Waals surface area contributed by atoms with Crippen molar-refractivity contribution in [1.82, 2.24) is 5.32 Å². The van der Waals surface area contributed by atoms with Crippen molar-refractivity contribution in [3.63, 3.8) is 0 Å². The van der Waals surface area contributed by atoms with Gasteiger partial charge >= 0.3 is 6.03 Å². The number of amides is 2. The Labute approximate surface area is 123 Å². The molecule has 20 heavy (non-hydrogen) atoms. The molecule has 1 aliphatic rings. The Balaban J connectivity index is 2.02. The van der Waals surface area contributed by atoms with E-state index in [1.165, 1.54) is 29.1 Å². The molecule has 0 spiro atoms. The maximum absolute atomic E-state index is 14.0. The number of carbonyl (C=O) groups is 1. The van der Waals surface area contributed by atoms with E-state index in [-0.39, 0.29) is 17.9 Å². The van der Waals surface area contributed by atoms with Gasteiger partial charge < -0.3 is 5.32 Å². The molecule has 0 aliphatic heterocycles. The number of hydrogen-bond donors (Lipinski definition) is 1. The summed E-state index contributed by atoms with van der Waals surface area (Å²) in [6.07, 6.45) is 7.50. The van der Waals surface area contributed by atoms with Gasteiger partial charge in [-0.05, 0) is 37.3 Å². The van der Waals surface area contributed by atoms with Gasteiger partial charge in [0.15, 0.2) is 0 Å². The topological polar surface area (TPSA) is 32.3 Å². The standard InChI is InChI=1S/C15H21FN2OS/c1-18(14-9-8-12(20-2)10-13(14)16)15(19)17-11-6-4-3-5-7-11/h8-11H,3-7H2,1-2H3,(H,17,19). The Morgan fingerprint density at radius 2 is 2.05 bits per heavy atom. The summed E-state index contributed by atoms with van der Waals surface area (Å²) in [5, 5.41) is 2.99. The number of hydrogen-bond acceptors (Lipinski definition) is 2. The van der Waals surface area contributed by atoms with E-state index in [0.29, 0.717) is 5.69 Å². The molecule has 0 saturated heterocycles. The molecule has 0 radical (unpaired) electrons. The Morgan fingerprint density at radius 3 is 2.65 bits per heavy atom. The molecule has 0 unspecified atom stereocenters. The lowest BCUT2D eigenvalue weighted by Gasteiger charge is -2.26. The largest absolute Gasteiger partial charge is 0.335 e. The maximum atomic E-state index is 14.0. The fraction of sp³-hybridized carbons (Fsp3) is 0.533. The molecule has 1 fully saturated rings. The molecule has 0 aromatic heterocycles. The number of anilines is 1. The zero-order valence-corrected chi connectivity index (χ0v) is 12.8. The van der Waals surface area contributed by atoms with Crippen LogP contribution in [0.2, 0.25) is 0 Å². The lowest BCUT2D eigenvalue weighted by Crippen LogP contribution is -2.44. The van der Waals surface area contributed by atoms with Crippen molar-refractivity contribution >= 4 is 23.5 Å². The van der Waals surface area contributed by atoms with Gasteiger partial charge in [0.05, 0.1) is 5.69 Å². The zero-order valence-electron chi connectivity index (χ0n) is 12.0. The highest BCUT2D eigenvalue weighted by Gasteiger charge is 2.20. The van der Waals surface area contributed by atoms with Crippen molar-refractivity contribution in [2.75, 3.05) is 18.2 Å². The van der Waals surface area contributed by atoms with Gasteiger partial charge in [0.2, 0.25) is 0 Å². The molecule has 110 valence electrons. The van der Waals surface area contributed by atoms with Gasteiger partial charge in [-0.2, -0.15) is 0 Å². The lowest BCUT2D eigenvalue weighted by atomic mass is 9.96. The van der Waals surface area contributed by atoms with Crippen molar-refractivity contribution in [2.45, 2.75) is 43.0 Å². The van der Waals surface area contributed by atoms with E-state index in [4.69, 9.17) is 0 Å². The van der Waals surface area contributed by atoms with Crippen LogP contribution in [0.25, 0.3) is 0 Å². The van der Waals surface area contributed by atoms with Crippen LogP contribution in [0.4, 0.5) is 14.9 Å². The Kier molecular flexibility index (Phi) is 5.29. The number of rotatable bonds is 3. The molecule has 2 rings (SSSR count). The fourth-order valence-electron chi connectivity index (χ4n) is 2.51. The average molecular weight is 296 g/mol. The summed E-state index contributed by atoms with van der Waals surface area (Å²) in [6, 6.07) is 4.94. The summed E-state index contributed by atoms with van der Waals surface area (Å²) in [7, 11) is 1.61. The highest BCUT2D eigenvalue weighted by atomic mass is 32.2. The first-order valence-electron chi connectivity index (χ1n) is 6.99. The minimum atomic E-state index is -0.363. The van der Waals surface area contributed by atoms with E-state index in [9.17, 15) is 9.18 Å². The van der Waals surface area contributed by atoms with E-state index < -0.39 is 0 Å². The van der Waals surface area contributed by atoms with E-state index in [1.807, 2.05) is 12.3 Å². The number of nitrogens with zero attached hydrogens (tertiary/aromatic N) is 1. The first-order valence-corrected chi connectivity index (χ1v) is 8.22. The quantitative estimate of drug-likeness (QED) is 0.854. The predicted molar refractivity (Wildman–Crippen MR) is 82.0 cm³/mol. The van der Waals surface area contributed by atoms with Gasteiger partial charge in [0, 0.05) is 18.0 Å². The number of benzene rings is 1. The molecule has 1 aliphatic carbocycles. The molecule has 0 bridgehead atoms. The Bertz CT molecular complexity index is 475. The van der Waals surface area contributed by atoms with Gasteiger partial charge in [0.1, 0.15) is 5.82 Å². The minimum absolute atomic E-state index is 0.229. The maximum Gasteiger partial charge on any atom is 0.321 e. The third kappa shape index (κ3) is 3.66. The normalized spacial score (nSPS) is 15.9. The van der Waals surface area contributed by atoms with Crippen LogP contribution in [-0.2, 0) is 0 Å². The number of thioether (sulfide) groups is 1. The molecule has 1 saturated carbocycles. The van der Waals surface area contributed by atoms with Crippen LogP contribution < -0.4 is 10.2 Å². The molecule has 0 heterocycles. The van der Waals surface area contributed by atoms with Crippen molar-refractivity contribution in [2.24, 2.45) is 0 Å². The van der Waals surface area contributed by atoms with E-state index >= 15 is 0 Å². The molecular formula is C15H21FN2OS. The molecule has 1 aromatic rings. The van der Waals surface area contributed by atoms with Crippen LogP contribution in [0.1, 0.15) is 32.1 Å². The van der Waals surface area contributed by atoms with Crippen LogP contribution in [-0.4, -0.2) is 25.4 Å². The summed E-state index contributed by atoms with van der Waals surface area (Å²) in [4.78, 5) is 14.4. The smallest absolute Gasteiger partial charge is 0.321 e. The third-order valence-electron chi connectivity index (χ3n) is 3.75. The van der Waals surface area contributed by atoms with Crippen molar-refractivity contribution < 1.29 is 9.18 Å². The van der Waals surface area contributed by atoms with Crippen molar-refractivity contribution in [3.05, 3.63) is 24.0 Å². The minimum Gasteiger partial charge on any atom is -0.335 e. The second-order valence-electron chi connectivity index (χ2n) is 5.16. The number of nitrogens with one attached hydrogen (secondary N) is 1. The molecular weight excluding hydrogens is 275 g/mol. The van der Waals surface area contributed by atoms with Gasteiger partial charge in [-0.25, -0.2) is 9.18 Å². The second kappa shape index (κ2) is 6.97. The first kappa shape index (κ1) is 15.2. The first-order chi connectivity index (χ1) is 9.61. The van der Waals surface area contributed by atoms with E-state index in [2.05, 4.69) is 5.32 Å². The third-order valence-corrected chi connectivity index (χ3v) is 4.48. The summed E-state index contributed by atoms with van der Waals surface area (Å²) in [5.41, 5.74) is 0.316. The molecule has 0 atom stereocenters. The molecule has 3 nitrogen and oxygen atoms in total. The van der Waals surface area contributed by atoms with Crippen molar-refractivity contribution in [3.8, 4) is 0 Å². The summed E-state index contributed by atoms with van der Waals surface area (Å²) in [5.74, 6) is -0.363. The summed E-state index contributed by atoms with van der Waals surface area (Å²) in [6.45, 7) is 0. The number of urea groups is 1. The van der Waals surface area contributed by atoms with Crippen LogP contribution in [0.3, 0.4) is 0 Å². The van der Waals surface area contributed by atoms with Gasteiger partial charge in [-0.1, -0.05) is 19.3 Å². The van der Waals surface area contributed by atoms with Crippen molar-refractivity contribution in [1.29, 1.82) is 0 Å². The van der Waals surface area contributed by atoms with Gasteiger partial charge in [-0.3, -0.25) is 4.90 Å². The number of carbonyl (C=O) groups excluding carboxylic acids is 1. The highest BCUT2D eigenvalue weighted by Crippen LogP contribution is 2.24.